The molecule has 7 heteroatoms. The van der Waals surface area contributed by atoms with Crippen LogP contribution in [0, 0.1) is 23.7 Å². The fourth-order valence-corrected chi connectivity index (χ4v) is 4.64. The number of carbonyl (C=O) groups excluding carboxylic acids is 3. The molecular weight excluding hydrogens is 370 g/mol. The third-order valence-corrected chi connectivity index (χ3v) is 6.23. The molecule has 0 aromatic rings. The van der Waals surface area contributed by atoms with Gasteiger partial charge in [0.2, 0.25) is 17.7 Å². The molecule has 1 fully saturated rings. The van der Waals surface area contributed by atoms with Crippen LogP contribution in [0.2, 0.25) is 0 Å². The molecule has 1 aliphatic carbocycles. The van der Waals surface area contributed by atoms with E-state index in [0.717, 1.165) is 38.5 Å². The average molecular weight is 408 g/mol. The van der Waals surface area contributed by atoms with Crippen LogP contribution in [0.15, 0.2) is 12.2 Å². The van der Waals surface area contributed by atoms with E-state index in [1.807, 2.05) is 19.1 Å². The number of unbranched alkanes of at least 4 members (excludes halogenated alkanes) is 4. The van der Waals surface area contributed by atoms with E-state index in [2.05, 4.69) is 17.6 Å². The van der Waals surface area contributed by atoms with Crippen molar-refractivity contribution in [3.8, 4) is 0 Å². The van der Waals surface area contributed by atoms with Crippen LogP contribution in [0.5, 0.6) is 0 Å². The number of fused-ring (bicyclic) bond motifs is 1. The van der Waals surface area contributed by atoms with Crippen LogP contribution in [0.1, 0.15) is 52.4 Å². The molecule has 3 amide bonds. The Labute approximate surface area is 174 Å². The molecule has 5 atom stereocenters. The Hall–Kier alpha value is -1.89. The van der Waals surface area contributed by atoms with E-state index in [0.29, 0.717) is 13.1 Å². The third-order valence-electron chi connectivity index (χ3n) is 6.23. The molecule has 164 valence electrons. The highest BCUT2D eigenvalue weighted by Gasteiger charge is 2.56. The van der Waals surface area contributed by atoms with Crippen LogP contribution < -0.4 is 10.6 Å². The summed E-state index contributed by atoms with van der Waals surface area (Å²) in [4.78, 5) is 40.6. The molecule has 0 bridgehead atoms. The van der Waals surface area contributed by atoms with E-state index in [1.54, 1.807) is 11.9 Å². The molecule has 2 rings (SSSR count). The summed E-state index contributed by atoms with van der Waals surface area (Å²) >= 11 is 0. The zero-order valence-corrected chi connectivity index (χ0v) is 18.0. The van der Waals surface area contributed by atoms with Crippen molar-refractivity contribution < 1.29 is 19.5 Å². The monoisotopic (exact) mass is 407 g/mol. The van der Waals surface area contributed by atoms with E-state index in [9.17, 15) is 14.4 Å². The molecule has 0 unspecified atom stereocenters. The van der Waals surface area contributed by atoms with Gasteiger partial charge in [-0.2, -0.15) is 0 Å². The van der Waals surface area contributed by atoms with Crippen molar-refractivity contribution in [3.05, 3.63) is 12.2 Å². The summed E-state index contributed by atoms with van der Waals surface area (Å²) in [5.41, 5.74) is 0. The maximum Gasteiger partial charge on any atom is 0.243 e. The summed E-state index contributed by atoms with van der Waals surface area (Å²) in [7, 11) is 1.59. The lowest BCUT2D eigenvalue weighted by atomic mass is 9.70. The van der Waals surface area contributed by atoms with Crippen LogP contribution in [-0.4, -0.2) is 60.5 Å². The fraction of sp³-hybridized carbons (Fsp3) is 0.773. The van der Waals surface area contributed by atoms with Gasteiger partial charge in [0.1, 0.15) is 6.04 Å². The summed E-state index contributed by atoms with van der Waals surface area (Å²) in [5, 5.41) is 14.6. The number of likely N-dealkylation sites (tertiary alicyclic amines) is 1. The zero-order chi connectivity index (χ0) is 21.4. The summed E-state index contributed by atoms with van der Waals surface area (Å²) in [6.07, 6.45) is 9.17. The first kappa shape index (κ1) is 23.4. The molecule has 0 saturated carbocycles. The molecule has 2 aliphatic rings. The van der Waals surface area contributed by atoms with Gasteiger partial charge >= 0.3 is 0 Å². The van der Waals surface area contributed by atoms with Crippen molar-refractivity contribution in [2.75, 3.05) is 26.7 Å². The van der Waals surface area contributed by atoms with E-state index < -0.39 is 17.9 Å². The molecular formula is C22H37N3O4. The van der Waals surface area contributed by atoms with Crippen LogP contribution in [-0.2, 0) is 14.4 Å². The summed E-state index contributed by atoms with van der Waals surface area (Å²) in [6.45, 7) is 5.30. The number of allylic oxidation sites excluding steroid dienone is 1. The maximum absolute atomic E-state index is 13.4. The number of carbonyl (C=O) groups is 3. The second-order valence-electron chi connectivity index (χ2n) is 8.25. The van der Waals surface area contributed by atoms with Crippen LogP contribution in [0.3, 0.4) is 0 Å². The van der Waals surface area contributed by atoms with Crippen molar-refractivity contribution in [2.45, 2.75) is 58.4 Å². The Morgan fingerprint density at radius 2 is 1.83 bits per heavy atom. The number of nitrogens with zero attached hydrogens (tertiary/aromatic N) is 1. The van der Waals surface area contributed by atoms with Gasteiger partial charge < -0.3 is 20.6 Å². The van der Waals surface area contributed by atoms with Crippen LogP contribution in [0.25, 0.3) is 0 Å². The number of rotatable bonds is 11. The minimum absolute atomic E-state index is 0.0477. The molecule has 0 radical (unpaired) electrons. The summed E-state index contributed by atoms with van der Waals surface area (Å²) in [5.74, 6) is -1.61. The standard InChI is InChI=1S/C22H37N3O4/c1-4-5-12-24-21(28)19-16-11-10-15(2)17(20(27)23-3)18(16)22(29)25(19)13-8-6-7-9-14-26/h10-11,15-19,26H,4-9,12-14H2,1-3H3,(H,23,27)(H,24,28)/t15-,16+,17-,18+,19+/m1/s1. The van der Waals surface area contributed by atoms with Crippen LogP contribution in [0.4, 0.5) is 0 Å². The van der Waals surface area contributed by atoms with Gasteiger partial charge in [-0.25, -0.2) is 0 Å². The Morgan fingerprint density at radius 3 is 2.48 bits per heavy atom. The smallest absolute Gasteiger partial charge is 0.243 e. The Kier molecular flexibility index (Phi) is 9.14. The molecule has 1 saturated heterocycles. The minimum atomic E-state index is -0.557. The van der Waals surface area contributed by atoms with E-state index >= 15 is 0 Å². The van der Waals surface area contributed by atoms with Gasteiger partial charge in [0.05, 0.1) is 11.8 Å². The number of hydrogen-bond acceptors (Lipinski definition) is 4. The number of aliphatic hydroxyl groups excluding tert-OH is 1. The molecule has 1 aliphatic heterocycles. The van der Waals surface area contributed by atoms with Crippen molar-refractivity contribution in [2.24, 2.45) is 23.7 Å². The number of hydrogen-bond donors (Lipinski definition) is 3. The lowest BCUT2D eigenvalue weighted by Crippen LogP contribution is -2.47. The molecule has 7 nitrogen and oxygen atoms in total. The normalized spacial score (nSPS) is 28.3. The molecule has 3 N–H and O–H groups in total. The van der Waals surface area contributed by atoms with Crippen molar-refractivity contribution in [3.63, 3.8) is 0 Å². The molecule has 1 heterocycles. The van der Waals surface area contributed by atoms with Crippen molar-refractivity contribution in [1.82, 2.24) is 15.5 Å². The highest BCUT2D eigenvalue weighted by Crippen LogP contribution is 2.44. The van der Waals surface area contributed by atoms with E-state index in [4.69, 9.17) is 5.11 Å². The summed E-state index contributed by atoms with van der Waals surface area (Å²) < 4.78 is 0. The predicted molar refractivity (Wildman–Crippen MR) is 112 cm³/mol. The molecule has 0 spiro atoms. The quantitative estimate of drug-likeness (QED) is 0.357. The average Bonchev–Trinajstić information content (AvgIpc) is 2.99. The summed E-state index contributed by atoms with van der Waals surface area (Å²) in [6, 6.07) is -0.557. The predicted octanol–water partition coefficient (Wildman–Crippen LogP) is 1.47. The molecule has 29 heavy (non-hydrogen) atoms. The number of nitrogens with one attached hydrogen (secondary N) is 2. The topological polar surface area (TPSA) is 98.7 Å². The van der Waals surface area contributed by atoms with Gasteiger partial charge in [0.25, 0.3) is 0 Å². The minimum Gasteiger partial charge on any atom is -0.396 e. The van der Waals surface area contributed by atoms with Gasteiger partial charge in [0.15, 0.2) is 0 Å². The van der Waals surface area contributed by atoms with Gasteiger partial charge in [-0.1, -0.05) is 45.3 Å². The van der Waals surface area contributed by atoms with Crippen molar-refractivity contribution in [1.29, 1.82) is 0 Å². The van der Waals surface area contributed by atoms with Gasteiger partial charge in [-0.05, 0) is 25.2 Å². The van der Waals surface area contributed by atoms with E-state index in [1.165, 1.54) is 0 Å². The third kappa shape index (κ3) is 5.38. The first-order valence-electron chi connectivity index (χ1n) is 11.1. The first-order chi connectivity index (χ1) is 14.0. The Bertz CT molecular complexity index is 607. The maximum atomic E-state index is 13.4. The van der Waals surface area contributed by atoms with Crippen molar-refractivity contribution >= 4 is 17.7 Å². The second-order valence-corrected chi connectivity index (χ2v) is 8.25. The second kappa shape index (κ2) is 11.3. The number of amides is 3. The van der Waals surface area contributed by atoms with Gasteiger partial charge in [-0.15, -0.1) is 0 Å². The first-order valence-corrected chi connectivity index (χ1v) is 11.1. The fourth-order valence-electron chi connectivity index (χ4n) is 4.64. The van der Waals surface area contributed by atoms with Gasteiger partial charge in [0, 0.05) is 32.7 Å². The Morgan fingerprint density at radius 1 is 1.10 bits per heavy atom. The number of aliphatic hydroxyl groups is 1. The Balaban J connectivity index is 2.22. The molecule has 0 aromatic carbocycles. The highest BCUT2D eigenvalue weighted by atomic mass is 16.3. The van der Waals surface area contributed by atoms with E-state index in [-0.39, 0.29) is 36.2 Å². The van der Waals surface area contributed by atoms with Crippen LogP contribution >= 0.6 is 0 Å². The SMILES string of the molecule is CCCCNC(=O)[C@@H]1[C@H]2C=C[C@@H](C)[C@@H](C(=O)NC)[C@H]2C(=O)N1CCCCCCO. The highest BCUT2D eigenvalue weighted by molar-refractivity contribution is 5.96. The lowest BCUT2D eigenvalue weighted by Gasteiger charge is -2.32. The lowest BCUT2D eigenvalue weighted by molar-refractivity contribution is -0.140. The molecule has 0 aromatic heterocycles. The van der Waals surface area contributed by atoms with Gasteiger partial charge in [-0.3, -0.25) is 14.4 Å². The zero-order valence-electron chi connectivity index (χ0n) is 18.0. The largest absolute Gasteiger partial charge is 0.396 e.